The van der Waals surface area contributed by atoms with E-state index in [4.69, 9.17) is 5.26 Å². The fourth-order valence-corrected chi connectivity index (χ4v) is 1.74. The molecule has 0 bridgehead atoms. The van der Waals surface area contributed by atoms with Crippen LogP contribution in [0, 0.1) is 23.7 Å². The van der Waals surface area contributed by atoms with Gasteiger partial charge in [-0.15, -0.1) is 0 Å². The number of nitrogens with one attached hydrogen (secondary N) is 1. The molecular weight excluding hydrogens is 236 g/mol. The summed E-state index contributed by atoms with van der Waals surface area (Å²) < 4.78 is 0. The van der Waals surface area contributed by atoms with E-state index in [0.29, 0.717) is 6.54 Å². The maximum absolute atomic E-state index is 11.9. The van der Waals surface area contributed by atoms with Crippen molar-refractivity contribution >= 4 is 5.91 Å². The molecule has 0 heterocycles. The number of aryl methyl sites for hydroxylation is 1. The van der Waals surface area contributed by atoms with Gasteiger partial charge in [0.05, 0.1) is 6.07 Å². The average Bonchev–Trinajstić information content (AvgIpc) is 2.36. The van der Waals surface area contributed by atoms with Gasteiger partial charge in [-0.2, -0.15) is 5.26 Å². The van der Waals surface area contributed by atoms with Gasteiger partial charge in [-0.05, 0) is 26.3 Å². The Balaban J connectivity index is 2.77. The second kappa shape index (κ2) is 5.44. The Morgan fingerprint density at radius 2 is 1.95 bits per heavy atom. The second-order valence-corrected chi connectivity index (χ2v) is 6.17. The molecule has 0 aromatic heterocycles. The molecule has 1 aromatic rings. The third-order valence-corrected chi connectivity index (χ3v) is 3.34. The van der Waals surface area contributed by atoms with Crippen molar-refractivity contribution in [1.82, 2.24) is 5.32 Å². The molecule has 1 rings (SSSR count). The van der Waals surface area contributed by atoms with Crippen molar-refractivity contribution < 1.29 is 4.79 Å². The number of hydrogen-bond donors (Lipinski definition) is 1. The lowest BCUT2D eigenvalue weighted by atomic mass is 9.83. The van der Waals surface area contributed by atoms with E-state index in [1.54, 1.807) is 13.8 Å². The summed E-state index contributed by atoms with van der Waals surface area (Å²) in [5, 5.41) is 11.8. The quantitative estimate of drug-likeness (QED) is 0.902. The van der Waals surface area contributed by atoms with E-state index in [-0.39, 0.29) is 11.3 Å². The minimum atomic E-state index is -0.983. The first-order valence-electron chi connectivity index (χ1n) is 6.46. The summed E-state index contributed by atoms with van der Waals surface area (Å²) in [4.78, 5) is 11.9. The van der Waals surface area contributed by atoms with E-state index in [9.17, 15) is 4.79 Å². The van der Waals surface area contributed by atoms with E-state index in [2.05, 4.69) is 44.3 Å². The molecule has 0 aliphatic heterocycles. The minimum absolute atomic E-state index is 0.160. The van der Waals surface area contributed by atoms with Crippen molar-refractivity contribution in [2.75, 3.05) is 6.54 Å². The van der Waals surface area contributed by atoms with Crippen molar-refractivity contribution in [3.8, 4) is 6.07 Å². The Morgan fingerprint density at radius 3 is 2.47 bits per heavy atom. The Kier molecular flexibility index (Phi) is 4.36. The first kappa shape index (κ1) is 15.2. The standard InChI is InChI=1S/C16H22N2O/c1-12-7-6-8-13(9-12)16(4,5)11-18-14(19)15(2,3)10-17/h6-9H,11H2,1-5H3,(H,18,19). The lowest BCUT2D eigenvalue weighted by molar-refractivity contribution is -0.127. The van der Waals surface area contributed by atoms with Gasteiger partial charge in [0.1, 0.15) is 5.41 Å². The van der Waals surface area contributed by atoms with E-state index >= 15 is 0 Å². The van der Waals surface area contributed by atoms with E-state index in [1.807, 2.05) is 12.1 Å². The number of nitrogens with zero attached hydrogens (tertiary/aromatic N) is 1. The van der Waals surface area contributed by atoms with Gasteiger partial charge in [0.2, 0.25) is 5.91 Å². The summed E-state index contributed by atoms with van der Waals surface area (Å²) in [5.74, 6) is -0.226. The minimum Gasteiger partial charge on any atom is -0.354 e. The highest BCUT2D eigenvalue weighted by Crippen LogP contribution is 2.23. The molecule has 0 aliphatic carbocycles. The molecule has 1 amide bonds. The predicted molar refractivity (Wildman–Crippen MR) is 76.6 cm³/mol. The molecule has 0 saturated carbocycles. The Labute approximate surface area is 115 Å². The summed E-state index contributed by atoms with van der Waals surface area (Å²) in [7, 11) is 0. The maximum atomic E-state index is 11.9. The van der Waals surface area contributed by atoms with Gasteiger partial charge in [-0.25, -0.2) is 0 Å². The molecule has 1 aromatic carbocycles. The van der Waals surface area contributed by atoms with Gasteiger partial charge < -0.3 is 5.32 Å². The Bertz CT molecular complexity index is 510. The summed E-state index contributed by atoms with van der Waals surface area (Å²) in [6.45, 7) is 9.99. The first-order chi connectivity index (χ1) is 8.69. The van der Waals surface area contributed by atoms with E-state index < -0.39 is 5.41 Å². The molecule has 3 nitrogen and oxygen atoms in total. The van der Waals surface area contributed by atoms with Crippen LogP contribution in [0.1, 0.15) is 38.8 Å². The van der Waals surface area contributed by atoms with Crippen LogP contribution >= 0.6 is 0 Å². The number of nitriles is 1. The van der Waals surface area contributed by atoms with Crippen LogP contribution in [0.4, 0.5) is 0 Å². The summed E-state index contributed by atoms with van der Waals surface area (Å²) in [6.07, 6.45) is 0. The zero-order chi connectivity index (χ0) is 14.7. The van der Waals surface area contributed by atoms with Crippen LogP contribution in [0.25, 0.3) is 0 Å². The van der Waals surface area contributed by atoms with E-state index in [1.165, 1.54) is 11.1 Å². The number of carbonyl (C=O) groups excluding carboxylic acids is 1. The average molecular weight is 258 g/mol. The smallest absolute Gasteiger partial charge is 0.239 e. The largest absolute Gasteiger partial charge is 0.354 e. The number of hydrogen-bond acceptors (Lipinski definition) is 2. The maximum Gasteiger partial charge on any atom is 0.239 e. The molecule has 0 radical (unpaired) electrons. The number of carbonyl (C=O) groups is 1. The van der Waals surface area contributed by atoms with Crippen LogP contribution < -0.4 is 5.32 Å². The van der Waals surface area contributed by atoms with Crippen molar-refractivity contribution in [2.24, 2.45) is 5.41 Å². The summed E-state index contributed by atoms with van der Waals surface area (Å²) >= 11 is 0. The van der Waals surface area contributed by atoms with Crippen LogP contribution in [-0.4, -0.2) is 12.5 Å². The highest BCUT2D eigenvalue weighted by atomic mass is 16.2. The highest BCUT2D eigenvalue weighted by Gasteiger charge is 2.29. The molecule has 0 aliphatic rings. The van der Waals surface area contributed by atoms with Gasteiger partial charge in [-0.3, -0.25) is 4.79 Å². The Morgan fingerprint density at radius 1 is 1.32 bits per heavy atom. The van der Waals surface area contributed by atoms with Crippen LogP contribution in [0.2, 0.25) is 0 Å². The van der Waals surface area contributed by atoms with Crippen molar-refractivity contribution in [1.29, 1.82) is 5.26 Å². The molecule has 0 spiro atoms. The van der Waals surface area contributed by atoms with Crippen LogP contribution in [0.3, 0.4) is 0 Å². The van der Waals surface area contributed by atoms with Gasteiger partial charge >= 0.3 is 0 Å². The van der Waals surface area contributed by atoms with Gasteiger partial charge in [0, 0.05) is 12.0 Å². The SMILES string of the molecule is Cc1cccc(C(C)(C)CNC(=O)C(C)(C)C#N)c1. The number of amides is 1. The lowest BCUT2D eigenvalue weighted by Gasteiger charge is -2.27. The number of benzene rings is 1. The lowest BCUT2D eigenvalue weighted by Crippen LogP contribution is -2.42. The van der Waals surface area contributed by atoms with Crippen LogP contribution in [0.5, 0.6) is 0 Å². The molecule has 0 saturated heterocycles. The third-order valence-electron chi connectivity index (χ3n) is 3.34. The highest BCUT2D eigenvalue weighted by molar-refractivity contribution is 5.84. The summed E-state index contributed by atoms with van der Waals surface area (Å²) in [6, 6.07) is 10.3. The molecule has 1 N–H and O–H groups in total. The predicted octanol–water partition coefficient (Wildman–Crippen LogP) is 2.94. The monoisotopic (exact) mass is 258 g/mol. The van der Waals surface area contributed by atoms with Crippen molar-refractivity contribution in [2.45, 2.75) is 40.0 Å². The topological polar surface area (TPSA) is 52.9 Å². The fraction of sp³-hybridized carbons (Fsp3) is 0.500. The van der Waals surface area contributed by atoms with Gasteiger partial charge in [0.15, 0.2) is 0 Å². The first-order valence-corrected chi connectivity index (χ1v) is 6.46. The zero-order valence-electron chi connectivity index (χ0n) is 12.4. The molecule has 102 valence electrons. The van der Waals surface area contributed by atoms with Crippen LogP contribution in [-0.2, 0) is 10.2 Å². The third kappa shape index (κ3) is 3.82. The van der Waals surface area contributed by atoms with Crippen molar-refractivity contribution in [3.05, 3.63) is 35.4 Å². The fourth-order valence-electron chi connectivity index (χ4n) is 1.74. The van der Waals surface area contributed by atoms with E-state index in [0.717, 1.165) is 0 Å². The van der Waals surface area contributed by atoms with Gasteiger partial charge in [0.25, 0.3) is 0 Å². The van der Waals surface area contributed by atoms with Crippen molar-refractivity contribution in [3.63, 3.8) is 0 Å². The second-order valence-electron chi connectivity index (χ2n) is 6.17. The molecule has 0 unspecified atom stereocenters. The number of rotatable bonds is 4. The molecule has 19 heavy (non-hydrogen) atoms. The molecule has 0 fully saturated rings. The Hall–Kier alpha value is -1.82. The van der Waals surface area contributed by atoms with Gasteiger partial charge in [-0.1, -0.05) is 43.7 Å². The summed E-state index contributed by atoms with van der Waals surface area (Å²) in [5.41, 5.74) is 1.24. The molecular formula is C16H22N2O. The molecule has 3 heteroatoms. The van der Waals surface area contributed by atoms with Crippen LogP contribution in [0.15, 0.2) is 24.3 Å². The molecule has 0 atom stereocenters. The zero-order valence-corrected chi connectivity index (χ0v) is 12.4. The normalized spacial score (nSPS) is 11.8.